The predicted molar refractivity (Wildman–Crippen MR) is 61.9 cm³/mol. The summed E-state index contributed by atoms with van der Waals surface area (Å²) in [6, 6.07) is 0.888. The Labute approximate surface area is 96.9 Å². The fraction of sp³-hybridized carbons (Fsp3) is 0.917. The lowest BCUT2D eigenvalue weighted by atomic mass is 9.86. The Morgan fingerprint density at radius 2 is 2.00 bits per heavy atom. The minimum atomic E-state index is -0.191. The van der Waals surface area contributed by atoms with Crippen LogP contribution < -0.4 is 11.1 Å². The largest absolute Gasteiger partial charge is 0.381 e. The Balaban J connectivity index is 1.86. The van der Waals surface area contributed by atoms with Crippen molar-refractivity contribution in [3.63, 3.8) is 0 Å². The molecule has 1 saturated carbocycles. The van der Waals surface area contributed by atoms with Crippen LogP contribution in [0.2, 0.25) is 0 Å². The van der Waals surface area contributed by atoms with Crippen molar-refractivity contribution in [1.29, 1.82) is 0 Å². The van der Waals surface area contributed by atoms with Crippen molar-refractivity contribution in [2.75, 3.05) is 13.2 Å². The fourth-order valence-corrected chi connectivity index (χ4v) is 2.57. The summed E-state index contributed by atoms with van der Waals surface area (Å²) in [6.45, 7) is 1.65. The Hall–Kier alpha value is -0.610. The quantitative estimate of drug-likeness (QED) is 0.728. The SMILES string of the molecule is NC(=O)CC(NC1CCC1)C1CCOCC1. The Kier molecular flexibility index (Phi) is 4.18. The van der Waals surface area contributed by atoms with Crippen molar-refractivity contribution in [2.24, 2.45) is 11.7 Å². The molecule has 1 atom stereocenters. The lowest BCUT2D eigenvalue weighted by Crippen LogP contribution is -2.48. The summed E-state index contributed by atoms with van der Waals surface area (Å²) in [7, 11) is 0. The van der Waals surface area contributed by atoms with E-state index in [-0.39, 0.29) is 11.9 Å². The lowest BCUT2D eigenvalue weighted by Gasteiger charge is -2.36. The molecule has 0 spiro atoms. The van der Waals surface area contributed by atoms with Gasteiger partial charge in [0, 0.05) is 31.7 Å². The van der Waals surface area contributed by atoms with Crippen molar-refractivity contribution < 1.29 is 9.53 Å². The number of hydrogen-bond acceptors (Lipinski definition) is 3. The highest BCUT2D eigenvalue weighted by Gasteiger charge is 2.29. The maximum atomic E-state index is 11.1. The second kappa shape index (κ2) is 5.64. The third-order valence-electron chi connectivity index (χ3n) is 3.81. The van der Waals surface area contributed by atoms with Gasteiger partial charge in [0.05, 0.1) is 0 Å². The molecule has 1 amide bonds. The van der Waals surface area contributed by atoms with Gasteiger partial charge in [0.1, 0.15) is 0 Å². The average Bonchev–Trinajstić information content (AvgIpc) is 2.22. The van der Waals surface area contributed by atoms with Crippen molar-refractivity contribution in [3.8, 4) is 0 Å². The molecule has 0 radical (unpaired) electrons. The third kappa shape index (κ3) is 3.19. The molecule has 1 aliphatic carbocycles. The maximum absolute atomic E-state index is 11.1. The summed E-state index contributed by atoms with van der Waals surface area (Å²) in [5.74, 6) is 0.366. The summed E-state index contributed by atoms with van der Waals surface area (Å²) < 4.78 is 5.36. The fourth-order valence-electron chi connectivity index (χ4n) is 2.57. The molecule has 1 saturated heterocycles. The monoisotopic (exact) mass is 226 g/mol. The molecule has 1 aliphatic heterocycles. The number of nitrogens with two attached hydrogens (primary N) is 1. The molecule has 92 valence electrons. The van der Waals surface area contributed by atoms with Gasteiger partial charge in [0.25, 0.3) is 0 Å². The predicted octanol–water partition coefficient (Wildman–Crippen LogP) is 0.799. The normalized spacial score (nSPS) is 25.0. The summed E-state index contributed by atoms with van der Waals surface area (Å²) in [6.07, 6.45) is 6.39. The van der Waals surface area contributed by atoms with Crippen molar-refractivity contribution >= 4 is 5.91 Å². The molecule has 2 fully saturated rings. The zero-order chi connectivity index (χ0) is 11.4. The molecule has 1 unspecified atom stereocenters. The summed E-state index contributed by atoms with van der Waals surface area (Å²) >= 11 is 0. The Morgan fingerprint density at radius 3 is 2.50 bits per heavy atom. The third-order valence-corrected chi connectivity index (χ3v) is 3.81. The van der Waals surface area contributed by atoms with E-state index in [4.69, 9.17) is 10.5 Å². The summed E-state index contributed by atoms with van der Waals surface area (Å²) in [5, 5.41) is 3.60. The highest BCUT2D eigenvalue weighted by atomic mass is 16.5. The van der Waals surface area contributed by atoms with Crippen LogP contribution in [0.4, 0.5) is 0 Å². The molecule has 0 aromatic carbocycles. The number of ether oxygens (including phenoxy) is 1. The highest BCUT2D eigenvalue weighted by Crippen LogP contribution is 2.25. The number of hydrogen-bond donors (Lipinski definition) is 2. The zero-order valence-electron chi connectivity index (χ0n) is 9.78. The van der Waals surface area contributed by atoms with Crippen LogP contribution in [0.25, 0.3) is 0 Å². The Bertz CT molecular complexity index is 235. The van der Waals surface area contributed by atoms with Gasteiger partial charge in [-0.25, -0.2) is 0 Å². The number of rotatable bonds is 5. The molecule has 4 heteroatoms. The molecular formula is C12H22N2O2. The number of amides is 1. The molecule has 0 bridgehead atoms. The van der Waals surface area contributed by atoms with Gasteiger partial charge >= 0.3 is 0 Å². The molecule has 1 heterocycles. The number of carbonyl (C=O) groups is 1. The smallest absolute Gasteiger partial charge is 0.218 e. The molecular weight excluding hydrogens is 204 g/mol. The van der Waals surface area contributed by atoms with E-state index < -0.39 is 0 Å². The van der Waals surface area contributed by atoms with Crippen LogP contribution in [0.5, 0.6) is 0 Å². The van der Waals surface area contributed by atoms with E-state index in [0.29, 0.717) is 18.4 Å². The molecule has 3 N–H and O–H groups in total. The van der Waals surface area contributed by atoms with E-state index >= 15 is 0 Å². The standard InChI is InChI=1S/C12H22N2O2/c13-12(15)8-11(14-10-2-1-3-10)9-4-6-16-7-5-9/h9-11,14H,1-8H2,(H2,13,15). The first-order chi connectivity index (χ1) is 7.75. The number of nitrogens with one attached hydrogen (secondary N) is 1. The van der Waals surface area contributed by atoms with Crippen molar-refractivity contribution in [2.45, 2.75) is 50.6 Å². The van der Waals surface area contributed by atoms with Gasteiger partial charge in [-0.2, -0.15) is 0 Å². The van der Waals surface area contributed by atoms with Crippen LogP contribution in [0, 0.1) is 5.92 Å². The van der Waals surface area contributed by atoms with E-state index in [1.54, 1.807) is 0 Å². The maximum Gasteiger partial charge on any atom is 0.218 e. The van der Waals surface area contributed by atoms with Gasteiger partial charge in [-0.05, 0) is 31.6 Å². The van der Waals surface area contributed by atoms with Gasteiger partial charge in [-0.3, -0.25) is 4.79 Å². The van der Waals surface area contributed by atoms with Crippen LogP contribution in [0.15, 0.2) is 0 Å². The van der Waals surface area contributed by atoms with Gasteiger partial charge < -0.3 is 15.8 Å². The summed E-state index contributed by atoms with van der Waals surface area (Å²) in [5.41, 5.74) is 5.33. The van der Waals surface area contributed by atoms with Crippen LogP contribution in [-0.2, 0) is 9.53 Å². The van der Waals surface area contributed by atoms with Gasteiger partial charge in [0.2, 0.25) is 5.91 Å². The molecule has 4 nitrogen and oxygen atoms in total. The number of primary amides is 1. The van der Waals surface area contributed by atoms with E-state index in [1.807, 2.05) is 0 Å². The average molecular weight is 226 g/mol. The van der Waals surface area contributed by atoms with Gasteiger partial charge in [0.15, 0.2) is 0 Å². The number of carbonyl (C=O) groups excluding carboxylic acids is 1. The Morgan fingerprint density at radius 1 is 1.31 bits per heavy atom. The van der Waals surface area contributed by atoms with Crippen LogP contribution in [-0.4, -0.2) is 31.2 Å². The van der Waals surface area contributed by atoms with Gasteiger partial charge in [-0.15, -0.1) is 0 Å². The first kappa shape index (κ1) is 11.9. The van der Waals surface area contributed by atoms with Crippen LogP contribution >= 0.6 is 0 Å². The van der Waals surface area contributed by atoms with E-state index in [9.17, 15) is 4.79 Å². The molecule has 16 heavy (non-hydrogen) atoms. The minimum absolute atomic E-state index is 0.191. The molecule has 2 aliphatic rings. The van der Waals surface area contributed by atoms with E-state index in [0.717, 1.165) is 26.1 Å². The minimum Gasteiger partial charge on any atom is -0.381 e. The molecule has 2 rings (SSSR count). The highest BCUT2D eigenvalue weighted by molar-refractivity contribution is 5.74. The lowest BCUT2D eigenvalue weighted by molar-refractivity contribution is -0.119. The first-order valence-electron chi connectivity index (χ1n) is 6.38. The van der Waals surface area contributed by atoms with Crippen LogP contribution in [0.1, 0.15) is 38.5 Å². The summed E-state index contributed by atoms with van der Waals surface area (Å²) in [4.78, 5) is 11.1. The second-order valence-electron chi connectivity index (χ2n) is 5.02. The molecule has 0 aromatic heterocycles. The van der Waals surface area contributed by atoms with Crippen LogP contribution in [0.3, 0.4) is 0 Å². The van der Waals surface area contributed by atoms with Crippen molar-refractivity contribution in [3.05, 3.63) is 0 Å². The van der Waals surface area contributed by atoms with Crippen molar-refractivity contribution in [1.82, 2.24) is 5.32 Å². The van der Waals surface area contributed by atoms with Gasteiger partial charge in [-0.1, -0.05) is 6.42 Å². The second-order valence-corrected chi connectivity index (χ2v) is 5.02. The van der Waals surface area contributed by atoms with E-state index in [2.05, 4.69) is 5.32 Å². The zero-order valence-corrected chi connectivity index (χ0v) is 9.78. The van der Waals surface area contributed by atoms with E-state index in [1.165, 1.54) is 19.3 Å². The molecule has 0 aromatic rings. The topological polar surface area (TPSA) is 64.4 Å². The first-order valence-corrected chi connectivity index (χ1v) is 6.38.